The molecule has 152 valence electrons. The van der Waals surface area contributed by atoms with Gasteiger partial charge in [-0.2, -0.15) is 0 Å². The number of hydrogen-bond donors (Lipinski definition) is 0. The molecule has 0 amide bonds. The van der Waals surface area contributed by atoms with Crippen molar-refractivity contribution in [3.05, 3.63) is 95.3 Å². The number of hydrogen-bond acceptors (Lipinski definition) is 1. The van der Waals surface area contributed by atoms with Gasteiger partial charge in [-0.1, -0.05) is 43.5 Å². The summed E-state index contributed by atoms with van der Waals surface area (Å²) in [7, 11) is 0. The fourth-order valence-electron chi connectivity index (χ4n) is 4.33. The van der Waals surface area contributed by atoms with E-state index < -0.39 is 0 Å². The molecule has 1 aromatic heterocycles. The molecular formula is C25H28F2N2. The summed E-state index contributed by atoms with van der Waals surface area (Å²) in [4.78, 5) is 2.54. The van der Waals surface area contributed by atoms with E-state index in [1.54, 1.807) is 12.1 Å². The quantitative estimate of drug-likeness (QED) is 0.467. The van der Waals surface area contributed by atoms with E-state index in [9.17, 15) is 8.78 Å². The Bertz CT molecular complexity index is 893. The first kappa shape index (κ1) is 19.8. The molecule has 2 aromatic carbocycles. The van der Waals surface area contributed by atoms with Crippen LogP contribution in [0.1, 0.15) is 48.9 Å². The molecule has 0 bridgehead atoms. The summed E-state index contributed by atoms with van der Waals surface area (Å²) in [5.74, 6) is -0.393. The van der Waals surface area contributed by atoms with Crippen molar-refractivity contribution in [2.75, 3.05) is 0 Å². The summed E-state index contributed by atoms with van der Waals surface area (Å²) in [6.45, 7) is 2.42. The standard InChI is InChI=1S/C25H28F2N2/c26-22-12-8-20(9-13-22)17-28-16-4-7-25(28)19-29(24-5-2-1-3-6-24)18-21-10-14-23(27)15-11-21/h4,7-16,24H,1-3,5-6,17-19H2. The van der Waals surface area contributed by atoms with E-state index in [1.807, 2.05) is 24.3 Å². The Balaban J connectivity index is 1.51. The lowest BCUT2D eigenvalue weighted by molar-refractivity contribution is 0.137. The summed E-state index contributed by atoms with van der Waals surface area (Å²) >= 11 is 0. The molecule has 1 heterocycles. The first-order chi connectivity index (χ1) is 14.2. The fourth-order valence-corrected chi connectivity index (χ4v) is 4.33. The molecule has 4 heteroatoms. The molecule has 0 atom stereocenters. The van der Waals surface area contributed by atoms with Crippen molar-refractivity contribution in [3.8, 4) is 0 Å². The van der Waals surface area contributed by atoms with Crippen molar-refractivity contribution in [2.45, 2.75) is 57.8 Å². The van der Waals surface area contributed by atoms with E-state index in [4.69, 9.17) is 0 Å². The van der Waals surface area contributed by atoms with Gasteiger partial charge < -0.3 is 4.57 Å². The van der Waals surface area contributed by atoms with Gasteiger partial charge in [0.25, 0.3) is 0 Å². The minimum absolute atomic E-state index is 0.189. The van der Waals surface area contributed by atoms with Crippen LogP contribution >= 0.6 is 0 Å². The Morgan fingerprint density at radius 2 is 1.38 bits per heavy atom. The van der Waals surface area contributed by atoms with Crippen molar-refractivity contribution in [1.82, 2.24) is 9.47 Å². The lowest BCUT2D eigenvalue weighted by Crippen LogP contribution is -2.36. The average Bonchev–Trinajstić information content (AvgIpc) is 3.18. The molecule has 2 nitrogen and oxygen atoms in total. The van der Waals surface area contributed by atoms with Gasteiger partial charge in [0.15, 0.2) is 0 Å². The third-order valence-electron chi connectivity index (χ3n) is 5.94. The Kier molecular flexibility index (Phi) is 6.40. The first-order valence-electron chi connectivity index (χ1n) is 10.5. The Morgan fingerprint density at radius 1 is 0.759 bits per heavy atom. The van der Waals surface area contributed by atoms with Crippen LogP contribution in [-0.4, -0.2) is 15.5 Å². The second-order valence-corrected chi connectivity index (χ2v) is 8.08. The zero-order valence-corrected chi connectivity index (χ0v) is 16.7. The number of benzene rings is 2. The summed E-state index contributed by atoms with van der Waals surface area (Å²) in [5.41, 5.74) is 3.49. The van der Waals surface area contributed by atoms with Gasteiger partial charge in [0, 0.05) is 37.6 Å². The van der Waals surface area contributed by atoms with Gasteiger partial charge in [-0.15, -0.1) is 0 Å². The molecule has 0 spiro atoms. The number of halogens is 2. The van der Waals surface area contributed by atoms with Crippen molar-refractivity contribution in [3.63, 3.8) is 0 Å². The molecule has 0 unspecified atom stereocenters. The van der Waals surface area contributed by atoms with Crippen molar-refractivity contribution >= 4 is 0 Å². The van der Waals surface area contributed by atoms with Gasteiger partial charge in [-0.3, -0.25) is 4.90 Å². The smallest absolute Gasteiger partial charge is 0.123 e. The highest BCUT2D eigenvalue weighted by Gasteiger charge is 2.22. The molecule has 1 fully saturated rings. The maximum atomic E-state index is 13.3. The number of rotatable bonds is 7. The summed E-state index contributed by atoms with van der Waals surface area (Å²) in [6.07, 6.45) is 8.42. The SMILES string of the molecule is Fc1ccc(CN(Cc2cccn2Cc2ccc(F)cc2)C2CCCCC2)cc1. The summed E-state index contributed by atoms with van der Waals surface area (Å²) in [5, 5.41) is 0. The van der Waals surface area contributed by atoms with E-state index in [0.717, 1.165) is 30.8 Å². The van der Waals surface area contributed by atoms with Gasteiger partial charge in [0.1, 0.15) is 11.6 Å². The molecule has 0 radical (unpaired) electrons. The molecule has 4 rings (SSSR count). The Hall–Kier alpha value is -2.46. The zero-order chi connectivity index (χ0) is 20.1. The predicted octanol–water partition coefficient (Wildman–Crippen LogP) is 6.15. The van der Waals surface area contributed by atoms with E-state index in [2.05, 4.69) is 27.8 Å². The summed E-state index contributed by atoms with van der Waals surface area (Å²) in [6, 6.07) is 18.4. The Labute approximate surface area is 171 Å². The van der Waals surface area contributed by atoms with Gasteiger partial charge >= 0.3 is 0 Å². The van der Waals surface area contributed by atoms with Crippen LogP contribution in [0.4, 0.5) is 8.78 Å². The number of aromatic nitrogens is 1. The lowest BCUT2D eigenvalue weighted by atomic mass is 9.93. The molecule has 29 heavy (non-hydrogen) atoms. The monoisotopic (exact) mass is 394 g/mol. The van der Waals surface area contributed by atoms with Crippen molar-refractivity contribution < 1.29 is 8.78 Å². The van der Waals surface area contributed by atoms with E-state index in [1.165, 1.54) is 49.9 Å². The van der Waals surface area contributed by atoms with Gasteiger partial charge in [-0.05, 0) is 60.4 Å². The van der Waals surface area contributed by atoms with Crippen LogP contribution in [0.15, 0.2) is 66.9 Å². The van der Waals surface area contributed by atoms with E-state index >= 15 is 0 Å². The molecular weight excluding hydrogens is 366 g/mol. The van der Waals surface area contributed by atoms with Gasteiger partial charge in [0.2, 0.25) is 0 Å². The largest absolute Gasteiger partial charge is 0.346 e. The van der Waals surface area contributed by atoms with Crippen molar-refractivity contribution in [1.29, 1.82) is 0 Å². The topological polar surface area (TPSA) is 8.17 Å². The second kappa shape index (κ2) is 9.36. The molecule has 0 aliphatic heterocycles. The van der Waals surface area contributed by atoms with Crippen LogP contribution < -0.4 is 0 Å². The summed E-state index contributed by atoms with van der Waals surface area (Å²) < 4.78 is 28.8. The lowest BCUT2D eigenvalue weighted by Gasteiger charge is -2.34. The minimum Gasteiger partial charge on any atom is -0.346 e. The van der Waals surface area contributed by atoms with Crippen LogP contribution in [-0.2, 0) is 19.6 Å². The number of nitrogens with zero attached hydrogens (tertiary/aromatic N) is 2. The van der Waals surface area contributed by atoms with Gasteiger partial charge in [0.05, 0.1) is 0 Å². The average molecular weight is 395 g/mol. The van der Waals surface area contributed by atoms with Crippen LogP contribution in [0.25, 0.3) is 0 Å². The predicted molar refractivity (Wildman–Crippen MR) is 112 cm³/mol. The van der Waals surface area contributed by atoms with Crippen LogP contribution in [0, 0.1) is 11.6 Å². The van der Waals surface area contributed by atoms with Crippen LogP contribution in [0.2, 0.25) is 0 Å². The third kappa shape index (κ3) is 5.33. The zero-order valence-electron chi connectivity index (χ0n) is 16.7. The van der Waals surface area contributed by atoms with E-state index in [-0.39, 0.29) is 11.6 Å². The molecule has 0 N–H and O–H groups in total. The van der Waals surface area contributed by atoms with Crippen molar-refractivity contribution in [2.24, 2.45) is 0 Å². The van der Waals surface area contributed by atoms with E-state index in [0.29, 0.717) is 6.04 Å². The minimum atomic E-state index is -0.204. The third-order valence-corrected chi connectivity index (χ3v) is 5.94. The van der Waals surface area contributed by atoms with Crippen LogP contribution in [0.3, 0.4) is 0 Å². The highest BCUT2D eigenvalue weighted by Crippen LogP contribution is 2.26. The normalized spacial score (nSPS) is 15.1. The second-order valence-electron chi connectivity index (χ2n) is 8.08. The molecule has 0 saturated heterocycles. The maximum Gasteiger partial charge on any atom is 0.123 e. The fraction of sp³-hybridized carbons (Fsp3) is 0.360. The van der Waals surface area contributed by atoms with Gasteiger partial charge in [-0.25, -0.2) is 8.78 Å². The molecule has 1 aliphatic carbocycles. The molecule has 3 aromatic rings. The highest BCUT2D eigenvalue weighted by atomic mass is 19.1. The Morgan fingerprint density at radius 3 is 2.03 bits per heavy atom. The van der Waals surface area contributed by atoms with Crippen LogP contribution in [0.5, 0.6) is 0 Å². The molecule has 1 aliphatic rings. The highest BCUT2D eigenvalue weighted by molar-refractivity contribution is 5.19. The maximum absolute atomic E-state index is 13.3. The first-order valence-corrected chi connectivity index (χ1v) is 10.5. The molecule has 1 saturated carbocycles.